The highest BCUT2D eigenvalue weighted by Gasteiger charge is 2.33. The molecular weight excluding hydrogens is 396 g/mol. The van der Waals surface area contributed by atoms with Gasteiger partial charge in [0, 0.05) is 24.9 Å². The molecule has 2 heterocycles. The van der Waals surface area contributed by atoms with E-state index < -0.39 is 0 Å². The fraction of sp³-hybridized carbons (Fsp3) is 0.500. The highest BCUT2D eigenvalue weighted by molar-refractivity contribution is 7.10. The summed E-state index contributed by atoms with van der Waals surface area (Å²) in [6.45, 7) is 9.64. The lowest BCUT2D eigenvalue weighted by Gasteiger charge is -2.37. The quantitative estimate of drug-likeness (QED) is 0.624. The number of nitrogens with zero attached hydrogens (tertiary/aromatic N) is 2. The van der Waals surface area contributed by atoms with Crippen LogP contribution in [0.15, 0.2) is 35.7 Å². The summed E-state index contributed by atoms with van der Waals surface area (Å²) in [5, 5.41) is 2.09. The van der Waals surface area contributed by atoms with Crippen molar-refractivity contribution in [2.24, 2.45) is 5.92 Å². The second-order valence-electron chi connectivity index (χ2n) is 8.40. The molecule has 1 unspecified atom stereocenters. The summed E-state index contributed by atoms with van der Waals surface area (Å²) in [5.74, 6) is 1.23. The Labute approximate surface area is 183 Å². The van der Waals surface area contributed by atoms with E-state index >= 15 is 0 Å². The molecule has 0 aliphatic carbocycles. The predicted molar refractivity (Wildman–Crippen MR) is 121 cm³/mol. The third-order valence-electron chi connectivity index (χ3n) is 5.59. The van der Waals surface area contributed by atoms with Crippen LogP contribution >= 0.6 is 11.3 Å². The molecule has 6 heteroatoms. The molecule has 2 amide bonds. The number of hydrogen-bond donors (Lipinski definition) is 0. The summed E-state index contributed by atoms with van der Waals surface area (Å²) in [7, 11) is 0. The molecule has 0 fully saturated rings. The smallest absolute Gasteiger partial charge is 0.242 e. The third-order valence-corrected chi connectivity index (χ3v) is 6.59. The van der Waals surface area contributed by atoms with Crippen molar-refractivity contribution in [1.82, 2.24) is 9.80 Å². The van der Waals surface area contributed by atoms with E-state index in [2.05, 4.69) is 25.3 Å². The number of fused-ring (bicyclic) bond motifs is 1. The number of carbonyl (C=O) groups excluding carboxylic acids is 2. The second kappa shape index (κ2) is 10.1. The van der Waals surface area contributed by atoms with Gasteiger partial charge in [0.05, 0.1) is 12.6 Å². The van der Waals surface area contributed by atoms with Gasteiger partial charge >= 0.3 is 0 Å². The van der Waals surface area contributed by atoms with Crippen molar-refractivity contribution in [2.75, 3.05) is 26.2 Å². The lowest BCUT2D eigenvalue weighted by molar-refractivity contribution is -0.142. The summed E-state index contributed by atoms with van der Waals surface area (Å²) >= 11 is 1.74. The molecule has 3 rings (SSSR count). The van der Waals surface area contributed by atoms with E-state index in [0.29, 0.717) is 25.6 Å². The van der Waals surface area contributed by atoms with Crippen LogP contribution in [0.25, 0.3) is 0 Å². The SMILES string of the molecule is CC(=O)N(CCC(C)C)CC(=O)N1CCc2sccc2C1COc1ccc(C)cc1. The number of hydrogen-bond acceptors (Lipinski definition) is 4. The molecule has 162 valence electrons. The summed E-state index contributed by atoms with van der Waals surface area (Å²) in [4.78, 5) is 30.2. The Bertz CT molecular complexity index is 860. The van der Waals surface area contributed by atoms with Crippen LogP contribution < -0.4 is 4.74 Å². The number of carbonyl (C=O) groups is 2. The van der Waals surface area contributed by atoms with Crippen molar-refractivity contribution >= 4 is 23.2 Å². The number of amides is 2. The highest BCUT2D eigenvalue weighted by atomic mass is 32.1. The van der Waals surface area contributed by atoms with Crippen molar-refractivity contribution < 1.29 is 14.3 Å². The molecule has 1 aromatic heterocycles. The average molecular weight is 429 g/mol. The van der Waals surface area contributed by atoms with E-state index in [4.69, 9.17) is 4.74 Å². The van der Waals surface area contributed by atoms with Gasteiger partial charge in [0.25, 0.3) is 0 Å². The van der Waals surface area contributed by atoms with Gasteiger partial charge in [-0.2, -0.15) is 0 Å². The predicted octanol–water partition coefficient (Wildman–Crippen LogP) is 4.46. The van der Waals surface area contributed by atoms with Gasteiger partial charge < -0.3 is 14.5 Å². The van der Waals surface area contributed by atoms with Gasteiger partial charge in [0.2, 0.25) is 11.8 Å². The minimum absolute atomic E-state index is 0.0108. The van der Waals surface area contributed by atoms with E-state index in [1.54, 1.807) is 23.2 Å². The Morgan fingerprint density at radius 1 is 1.23 bits per heavy atom. The zero-order valence-corrected chi connectivity index (χ0v) is 19.2. The molecule has 0 spiro atoms. The van der Waals surface area contributed by atoms with Crippen LogP contribution in [0.3, 0.4) is 0 Å². The number of thiophene rings is 1. The Kier molecular flexibility index (Phi) is 7.53. The number of ether oxygens (including phenoxy) is 1. The first-order valence-corrected chi connectivity index (χ1v) is 11.5. The van der Waals surface area contributed by atoms with Gasteiger partial charge in [-0.15, -0.1) is 11.3 Å². The van der Waals surface area contributed by atoms with Gasteiger partial charge in [-0.25, -0.2) is 0 Å². The molecule has 0 saturated heterocycles. The van der Waals surface area contributed by atoms with Gasteiger partial charge in [0.15, 0.2) is 0 Å². The Morgan fingerprint density at radius 2 is 1.97 bits per heavy atom. The minimum atomic E-state index is -0.132. The zero-order valence-electron chi connectivity index (χ0n) is 18.4. The molecule has 1 aliphatic heterocycles. The van der Waals surface area contributed by atoms with E-state index in [9.17, 15) is 9.59 Å². The van der Waals surface area contributed by atoms with E-state index in [-0.39, 0.29) is 24.4 Å². The van der Waals surface area contributed by atoms with Crippen molar-refractivity contribution in [3.63, 3.8) is 0 Å². The summed E-state index contributed by atoms with van der Waals surface area (Å²) in [5.41, 5.74) is 2.35. The molecular formula is C24H32N2O3S. The Hall–Kier alpha value is -2.34. The summed E-state index contributed by atoms with van der Waals surface area (Å²) < 4.78 is 6.07. The first kappa shape index (κ1) is 22.3. The van der Waals surface area contributed by atoms with Gasteiger partial charge in [-0.3, -0.25) is 9.59 Å². The molecule has 0 saturated carbocycles. The first-order valence-electron chi connectivity index (χ1n) is 10.7. The third kappa shape index (κ3) is 5.63. The lowest BCUT2D eigenvalue weighted by atomic mass is 10.0. The molecule has 2 aromatic rings. The van der Waals surface area contributed by atoms with Crippen LogP contribution in [-0.4, -0.2) is 47.9 Å². The van der Waals surface area contributed by atoms with Crippen molar-refractivity contribution in [3.05, 3.63) is 51.7 Å². The largest absolute Gasteiger partial charge is 0.491 e. The summed E-state index contributed by atoms with van der Waals surface area (Å²) in [6.07, 6.45) is 1.74. The normalized spacial score (nSPS) is 15.8. The fourth-order valence-electron chi connectivity index (χ4n) is 3.70. The Balaban J connectivity index is 1.73. The molecule has 0 bridgehead atoms. The topological polar surface area (TPSA) is 49.9 Å². The molecule has 1 aromatic carbocycles. The lowest BCUT2D eigenvalue weighted by Crippen LogP contribution is -2.47. The fourth-order valence-corrected chi connectivity index (χ4v) is 4.63. The maximum atomic E-state index is 13.2. The van der Waals surface area contributed by atoms with Crippen LogP contribution in [0, 0.1) is 12.8 Å². The van der Waals surface area contributed by atoms with Crippen LogP contribution in [0.1, 0.15) is 49.2 Å². The highest BCUT2D eigenvalue weighted by Crippen LogP contribution is 2.34. The molecule has 1 aliphatic rings. The number of benzene rings is 1. The van der Waals surface area contributed by atoms with E-state index in [0.717, 1.165) is 18.6 Å². The second-order valence-corrected chi connectivity index (χ2v) is 9.40. The molecule has 1 atom stereocenters. The molecule has 0 radical (unpaired) electrons. The van der Waals surface area contributed by atoms with Gasteiger partial charge in [-0.05, 0) is 54.8 Å². The maximum absolute atomic E-state index is 13.2. The number of aryl methyl sites for hydroxylation is 1. The Morgan fingerprint density at radius 3 is 2.63 bits per heavy atom. The number of rotatable bonds is 8. The van der Waals surface area contributed by atoms with Crippen LogP contribution in [0.2, 0.25) is 0 Å². The minimum Gasteiger partial charge on any atom is -0.491 e. The van der Waals surface area contributed by atoms with E-state index in [1.807, 2.05) is 36.1 Å². The van der Waals surface area contributed by atoms with Crippen LogP contribution in [0.4, 0.5) is 0 Å². The van der Waals surface area contributed by atoms with Gasteiger partial charge in [-0.1, -0.05) is 31.5 Å². The summed E-state index contributed by atoms with van der Waals surface area (Å²) in [6, 6.07) is 9.94. The van der Waals surface area contributed by atoms with Gasteiger partial charge in [0.1, 0.15) is 12.4 Å². The van der Waals surface area contributed by atoms with Crippen LogP contribution in [-0.2, 0) is 16.0 Å². The van der Waals surface area contributed by atoms with Crippen molar-refractivity contribution in [2.45, 2.75) is 46.6 Å². The monoisotopic (exact) mass is 428 g/mol. The molecule has 0 N–H and O–H groups in total. The molecule has 5 nitrogen and oxygen atoms in total. The van der Waals surface area contributed by atoms with E-state index in [1.165, 1.54) is 16.0 Å². The maximum Gasteiger partial charge on any atom is 0.242 e. The van der Waals surface area contributed by atoms with Crippen molar-refractivity contribution in [1.29, 1.82) is 0 Å². The zero-order chi connectivity index (χ0) is 21.7. The molecule has 30 heavy (non-hydrogen) atoms. The van der Waals surface area contributed by atoms with Crippen LogP contribution in [0.5, 0.6) is 5.75 Å². The standard InChI is InChI=1S/C24H32N2O3S/c1-17(2)9-12-25(19(4)27)15-24(28)26-13-10-23-21(11-14-30-23)22(26)16-29-20-7-5-18(3)6-8-20/h5-8,11,14,17,22H,9-10,12-13,15-16H2,1-4H3. The van der Waals surface area contributed by atoms with Crippen molar-refractivity contribution in [3.8, 4) is 5.75 Å². The first-order chi connectivity index (χ1) is 14.3. The average Bonchev–Trinajstić information content (AvgIpc) is 3.19.